The van der Waals surface area contributed by atoms with E-state index in [9.17, 15) is 0 Å². The highest BCUT2D eigenvalue weighted by molar-refractivity contribution is 6.30. The van der Waals surface area contributed by atoms with Crippen LogP contribution < -0.4 is 10.6 Å². The van der Waals surface area contributed by atoms with Crippen LogP contribution in [0.4, 0.5) is 5.69 Å². The third-order valence-corrected chi connectivity index (χ3v) is 4.62. The lowest BCUT2D eigenvalue weighted by Gasteiger charge is -2.39. The number of hydrogen-bond acceptors (Lipinski definition) is 3. The topological polar surface area (TPSA) is 32.5 Å². The Bertz CT molecular complexity index is 449. The summed E-state index contributed by atoms with van der Waals surface area (Å²) in [6.45, 7) is 5.43. The third-order valence-electron chi connectivity index (χ3n) is 4.38. The Morgan fingerprint density at radius 2 is 2.16 bits per heavy atom. The second kappa shape index (κ2) is 5.70. The first-order valence-corrected chi connectivity index (χ1v) is 7.63. The van der Waals surface area contributed by atoms with Gasteiger partial charge >= 0.3 is 0 Å². The number of nitrogens with two attached hydrogens (primary N) is 1. The van der Waals surface area contributed by atoms with Gasteiger partial charge in [0.15, 0.2) is 0 Å². The largest absolute Gasteiger partial charge is 0.368 e. The second-order valence-corrected chi connectivity index (χ2v) is 6.03. The molecule has 3 nitrogen and oxygen atoms in total. The summed E-state index contributed by atoms with van der Waals surface area (Å²) in [5.41, 5.74) is 8.35. The summed E-state index contributed by atoms with van der Waals surface area (Å²) in [7, 11) is 0. The van der Waals surface area contributed by atoms with E-state index in [0.29, 0.717) is 6.54 Å². The van der Waals surface area contributed by atoms with Gasteiger partial charge in [-0.05, 0) is 56.1 Å². The SMILES string of the molecule is NCCc1cc(Cl)ccc1N1CCN2CCCC2C1. The molecule has 0 amide bonds. The molecule has 4 heteroatoms. The van der Waals surface area contributed by atoms with Crippen molar-refractivity contribution < 1.29 is 0 Å². The van der Waals surface area contributed by atoms with Crippen molar-refractivity contribution in [2.45, 2.75) is 25.3 Å². The average molecular weight is 280 g/mol. The Labute approximate surface area is 120 Å². The lowest BCUT2D eigenvalue weighted by Crippen LogP contribution is -2.50. The number of rotatable bonds is 3. The molecule has 2 aliphatic rings. The van der Waals surface area contributed by atoms with Gasteiger partial charge < -0.3 is 10.6 Å². The van der Waals surface area contributed by atoms with Gasteiger partial charge in [-0.1, -0.05) is 11.6 Å². The van der Waals surface area contributed by atoms with E-state index in [2.05, 4.69) is 21.9 Å². The molecule has 3 rings (SSSR count). The van der Waals surface area contributed by atoms with Crippen LogP contribution in [0.25, 0.3) is 0 Å². The van der Waals surface area contributed by atoms with E-state index in [0.717, 1.165) is 30.6 Å². The van der Waals surface area contributed by atoms with Crippen molar-refractivity contribution >= 4 is 17.3 Å². The predicted octanol–water partition coefficient (Wildman–Crippen LogP) is 2.13. The summed E-state index contributed by atoms with van der Waals surface area (Å²) in [5, 5.41) is 0.812. The molecule has 1 aromatic carbocycles. The molecule has 0 aliphatic carbocycles. The molecular formula is C15H22ClN3. The van der Waals surface area contributed by atoms with E-state index in [1.807, 2.05) is 6.07 Å². The van der Waals surface area contributed by atoms with E-state index in [-0.39, 0.29) is 0 Å². The molecule has 19 heavy (non-hydrogen) atoms. The summed E-state index contributed by atoms with van der Waals surface area (Å²) >= 11 is 6.11. The van der Waals surface area contributed by atoms with Crippen molar-refractivity contribution in [3.05, 3.63) is 28.8 Å². The number of nitrogens with zero attached hydrogens (tertiary/aromatic N) is 2. The maximum Gasteiger partial charge on any atom is 0.0410 e. The zero-order valence-corrected chi connectivity index (χ0v) is 12.1. The number of fused-ring (bicyclic) bond motifs is 1. The van der Waals surface area contributed by atoms with E-state index in [4.69, 9.17) is 17.3 Å². The van der Waals surface area contributed by atoms with E-state index >= 15 is 0 Å². The van der Waals surface area contributed by atoms with Gasteiger partial charge in [0.2, 0.25) is 0 Å². The highest BCUT2D eigenvalue weighted by Gasteiger charge is 2.31. The molecule has 1 atom stereocenters. The zero-order chi connectivity index (χ0) is 13.2. The number of halogens is 1. The van der Waals surface area contributed by atoms with Gasteiger partial charge in [0.05, 0.1) is 0 Å². The molecular weight excluding hydrogens is 258 g/mol. The lowest BCUT2D eigenvalue weighted by atomic mass is 10.1. The molecule has 1 aromatic rings. The van der Waals surface area contributed by atoms with Crippen molar-refractivity contribution in [2.75, 3.05) is 37.6 Å². The first-order chi connectivity index (χ1) is 9.28. The Balaban J connectivity index is 1.81. The summed E-state index contributed by atoms with van der Waals surface area (Å²) in [6, 6.07) is 6.98. The van der Waals surface area contributed by atoms with Crippen LogP contribution in [0.1, 0.15) is 18.4 Å². The standard InChI is InChI=1S/C15H22ClN3/c16-13-3-4-15(12(10-13)5-6-17)19-9-8-18-7-1-2-14(18)11-19/h3-4,10,14H,1-2,5-9,11,17H2. The number of piperazine rings is 1. The van der Waals surface area contributed by atoms with Crippen molar-refractivity contribution in [2.24, 2.45) is 5.73 Å². The highest BCUT2D eigenvalue weighted by atomic mass is 35.5. The van der Waals surface area contributed by atoms with Gasteiger partial charge in [-0.25, -0.2) is 0 Å². The van der Waals surface area contributed by atoms with Crippen LogP contribution in [0.2, 0.25) is 5.02 Å². The van der Waals surface area contributed by atoms with Crippen molar-refractivity contribution in [3.8, 4) is 0 Å². The Hall–Kier alpha value is -0.770. The summed E-state index contributed by atoms with van der Waals surface area (Å²) in [6.07, 6.45) is 3.60. The van der Waals surface area contributed by atoms with Crippen LogP contribution in [-0.4, -0.2) is 43.7 Å². The van der Waals surface area contributed by atoms with Gasteiger partial charge in [-0.15, -0.1) is 0 Å². The molecule has 2 fully saturated rings. The van der Waals surface area contributed by atoms with Crippen LogP contribution in [-0.2, 0) is 6.42 Å². The number of anilines is 1. The molecule has 0 saturated carbocycles. The number of benzene rings is 1. The fourth-order valence-corrected chi connectivity index (χ4v) is 3.62. The summed E-state index contributed by atoms with van der Waals surface area (Å²) < 4.78 is 0. The molecule has 2 saturated heterocycles. The Morgan fingerprint density at radius 3 is 3.00 bits per heavy atom. The minimum absolute atomic E-state index is 0.677. The van der Waals surface area contributed by atoms with Gasteiger partial charge in [0, 0.05) is 36.4 Å². The first-order valence-electron chi connectivity index (χ1n) is 7.25. The van der Waals surface area contributed by atoms with Gasteiger partial charge in [-0.2, -0.15) is 0 Å². The van der Waals surface area contributed by atoms with Gasteiger partial charge in [0.1, 0.15) is 0 Å². The van der Waals surface area contributed by atoms with Gasteiger partial charge in [0.25, 0.3) is 0 Å². The Kier molecular flexibility index (Phi) is 3.96. The molecule has 1 unspecified atom stereocenters. The highest BCUT2D eigenvalue weighted by Crippen LogP contribution is 2.29. The average Bonchev–Trinajstić information content (AvgIpc) is 2.86. The summed E-state index contributed by atoms with van der Waals surface area (Å²) in [5.74, 6) is 0. The number of hydrogen-bond donors (Lipinski definition) is 1. The van der Waals surface area contributed by atoms with Crippen LogP contribution in [0.5, 0.6) is 0 Å². The fourth-order valence-electron chi connectivity index (χ4n) is 3.43. The van der Waals surface area contributed by atoms with Crippen LogP contribution >= 0.6 is 11.6 Å². The van der Waals surface area contributed by atoms with E-state index in [1.165, 1.54) is 37.2 Å². The minimum Gasteiger partial charge on any atom is -0.368 e. The van der Waals surface area contributed by atoms with Crippen molar-refractivity contribution in [1.29, 1.82) is 0 Å². The van der Waals surface area contributed by atoms with Gasteiger partial charge in [-0.3, -0.25) is 4.90 Å². The first kappa shape index (κ1) is 13.2. The van der Waals surface area contributed by atoms with E-state index < -0.39 is 0 Å². The monoisotopic (exact) mass is 279 g/mol. The summed E-state index contributed by atoms with van der Waals surface area (Å²) in [4.78, 5) is 5.16. The molecule has 2 N–H and O–H groups in total. The minimum atomic E-state index is 0.677. The Morgan fingerprint density at radius 1 is 1.26 bits per heavy atom. The van der Waals surface area contributed by atoms with Crippen LogP contribution in [0, 0.1) is 0 Å². The normalized spacial score (nSPS) is 23.7. The lowest BCUT2D eigenvalue weighted by molar-refractivity contribution is 0.231. The molecule has 0 bridgehead atoms. The van der Waals surface area contributed by atoms with Crippen molar-refractivity contribution in [1.82, 2.24) is 4.90 Å². The third kappa shape index (κ3) is 2.73. The maximum atomic E-state index is 6.11. The maximum absolute atomic E-state index is 6.11. The zero-order valence-electron chi connectivity index (χ0n) is 11.3. The molecule has 0 radical (unpaired) electrons. The van der Waals surface area contributed by atoms with E-state index in [1.54, 1.807) is 0 Å². The predicted molar refractivity (Wildman–Crippen MR) is 81.0 cm³/mol. The fraction of sp³-hybridized carbons (Fsp3) is 0.600. The smallest absolute Gasteiger partial charge is 0.0410 e. The quantitative estimate of drug-likeness (QED) is 0.920. The van der Waals surface area contributed by atoms with Crippen LogP contribution in [0.3, 0.4) is 0 Å². The van der Waals surface area contributed by atoms with Crippen LogP contribution in [0.15, 0.2) is 18.2 Å². The molecule has 104 valence electrons. The molecule has 2 aliphatic heterocycles. The molecule has 0 spiro atoms. The molecule has 2 heterocycles. The van der Waals surface area contributed by atoms with Crippen molar-refractivity contribution in [3.63, 3.8) is 0 Å². The molecule has 0 aromatic heterocycles. The second-order valence-electron chi connectivity index (χ2n) is 5.59.